The maximum absolute atomic E-state index is 6.29. The lowest BCUT2D eigenvalue weighted by atomic mass is 10.1. The molecule has 2 aromatic rings. The number of rotatable bonds is 2. The summed E-state index contributed by atoms with van der Waals surface area (Å²) in [6.07, 6.45) is 0.754. The van der Waals surface area contributed by atoms with Gasteiger partial charge in [0.25, 0.3) is 0 Å². The van der Waals surface area contributed by atoms with Crippen LogP contribution in [-0.4, -0.2) is 15.4 Å². The number of aryl methyl sites for hydroxylation is 1. The quantitative estimate of drug-likeness (QED) is 0.747. The van der Waals surface area contributed by atoms with E-state index in [-0.39, 0.29) is 5.54 Å². The van der Waals surface area contributed by atoms with Crippen LogP contribution in [0.4, 0.5) is 0 Å². The van der Waals surface area contributed by atoms with E-state index in [1.54, 1.807) is 0 Å². The normalized spacial score (nSPS) is 12.3. The fourth-order valence-electron chi connectivity index (χ4n) is 2.11. The lowest BCUT2D eigenvalue weighted by Crippen LogP contribution is -2.24. The van der Waals surface area contributed by atoms with Crippen LogP contribution < -0.4 is 0 Å². The zero-order valence-electron chi connectivity index (χ0n) is 10.3. The molecule has 0 amide bonds. The summed E-state index contributed by atoms with van der Waals surface area (Å²) in [5, 5.41) is 0.741. The van der Waals surface area contributed by atoms with E-state index in [2.05, 4.69) is 30.3 Å². The van der Waals surface area contributed by atoms with Crippen molar-refractivity contribution in [2.24, 2.45) is 0 Å². The fraction of sp³-hybridized carbons (Fsp3) is 0.462. The zero-order chi connectivity index (χ0) is 12.6. The standard InChI is InChI=1S/C13H16Cl2N2/c1-13(2,3)17-11(7-8-14)16-10-6-4-5-9(15)12(10)17/h4-6H,7-8H2,1-3H3. The second kappa shape index (κ2) is 4.51. The number of hydrogen-bond donors (Lipinski definition) is 0. The molecule has 2 nitrogen and oxygen atoms in total. The molecule has 0 aliphatic heterocycles. The highest BCUT2D eigenvalue weighted by Gasteiger charge is 2.22. The third kappa shape index (κ3) is 2.29. The molecule has 0 aliphatic carbocycles. The van der Waals surface area contributed by atoms with Crippen molar-refractivity contribution < 1.29 is 0 Å². The number of benzene rings is 1. The lowest BCUT2D eigenvalue weighted by molar-refractivity contribution is 0.395. The number of aromatic nitrogens is 2. The molecule has 0 aliphatic rings. The third-order valence-electron chi connectivity index (χ3n) is 2.69. The van der Waals surface area contributed by atoms with Gasteiger partial charge >= 0.3 is 0 Å². The maximum Gasteiger partial charge on any atom is 0.111 e. The summed E-state index contributed by atoms with van der Waals surface area (Å²) >= 11 is 12.1. The Bertz CT molecular complexity index is 538. The molecule has 0 N–H and O–H groups in total. The van der Waals surface area contributed by atoms with Gasteiger partial charge in [-0.05, 0) is 32.9 Å². The first-order valence-corrected chi connectivity index (χ1v) is 6.58. The Morgan fingerprint density at radius 2 is 2.00 bits per heavy atom. The molecular weight excluding hydrogens is 255 g/mol. The van der Waals surface area contributed by atoms with Crippen LogP contribution in [0.5, 0.6) is 0 Å². The molecule has 4 heteroatoms. The van der Waals surface area contributed by atoms with Crippen molar-refractivity contribution in [3.05, 3.63) is 29.0 Å². The topological polar surface area (TPSA) is 17.8 Å². The minimum atomic E-state index is -0.0544. The van der Waals surface area contributed by atoms with Crippen LogP contribution in [0, 0.1) is 0 Å². The molecule has 1 heterocycles. The summed E-state index contributed by atoms with van der Waals surface area (Å²) in [5.74, 6) is 1.56. The predicted octanol–water partition coefficient (Wildman–Crippen LogP) is 4.23. The molecule has 0 saturated carbocycles. The van der Waals surface area contributed by atoms with Crippen LogP contribution in [0.15, 0.2) is 18.2 Å². The van der Waals surface area contributed by atoms with Gasteiger partial charge < -0.3 is 4.57 Å². The minimum absolute atomic E-state index is 0.0544. The summed E-state index contributed by atoms with van der Waals surface area (Å²) < 4.78 is 2.19. The van der Waals surface area contributed by atoms with Crippen LogP contribution in [0.3, 0.4) is 0 Å². The number of para-hydroxylation sites is 1. The Hall–Kier alpha value is -0.730. The van der Waals surface area contributed by atoms with Crippen LogP contribution in [0.2, 0.25) is 5.02 Å². The molecule has 0 fully saturated rings. The van der Waals surface area contributed by atoms with Gasteiger partial charge in [0.2, 0.25) is 0 Å². The third-order valence-corrected chi connectivity index (χ3v) is 3.18. The summed E-state index contributed by atoms with van der Waals surface area (Å²) in [5.41, 5.74) is 1.88. The number of halogens is 2. The largest absolute Gasteiger partial charge is 0.321 e. The minimum Gasteiger partial charge on any atom is -0.321 e. The van der Waals surface area contributed by atoms with Crippen molar-refractivity contribution in [2.45, 2.75) is 32.7 Å². The monoisotopic (exact) mass is 270 g/mol. The number of nitrogens with zero attached hydrogens (tertiary/aromatic N) is 2. The molecule has 0 atom stereocenters. The van der Waals surface area contributed by atoms with E-state index in [1.165, 1.54) is 0 Å². The van der Waals surface area contributed by atoms with Crippen molar-refractivity contribution in [1.29, 1.82) is 0 Å². The molecule has 0 saturated heterocycles. The molecule has 0 radical (unpaired) electrons. The molecule has 0 unspecified atom stereocenters. The Morgan fingerprint density at radius 1 is 1.29 bits per heavy atom. The Morgan fingerprint density at radius 3 is 2.59 bits per heavy atom. The molecule has 0 bridgehead atoms. The number of alkyl halides is 1. The second-order valence-corrected chi connectivity index (χ2v) is 5.87. The molecule has 17 heavy (non-hydrogen) atoms. The highest BCUT2D eigenvalue weighted by atomic mass is 35.5. The SMILES string of the molecule is CC(C)(C)n1c(CCCl)nc2cccc(Cl)c21. The summed E-state index contributed by atoms with van der Waals surface area (Å²) in [7, 11) is 0. The van der Waals surface area contributed by atoms with Crippen LogP contribution in [-0.2, 0) is 12.0 Å². The number of hydrogen-bond acceptors (Lipinski definition) is 1. The summed E-state index contributed by atoms with van der Waals surface area (Å²) in [4.78, 5) is 4.62. The maximum atomic E-state index is 6.29. The Kier molecular flexibility index (Phi) is 3.37. The van der Waals surface area contributed by atoms with E-state index >= 15 is 0 Å². The highest BCUT2D eigenvalue weighted by molar-refractivity contribution is 6.35. The molecule has 0 spiro atoms. The molecule has 1 aromatic carbocycles. The predicted molar refractivity (Wildman–Crippen MR) is 74.2 cm³/mol. The molecule has 2 rings (SSSR count). The van der Waals surface area contributed by atoms with E-state index in [0.29, 0.717) is 5.88 Å². The van der Waals surface area contributed by atoms with E-state index in [1.807, 2.05) is 18.2 Å². The fourth-order valence-corrected chi connectivity index (χ4v) is 2.53. The van der Waals surface area contributed by atoms with Crippen molar-refractivity contribution >= 4 is 34.2 Å². The van der Waals surface area contributed by atoms with E-state index in [0.717, 1.165) is 28.3 Å². The molecule has 92 valence electrons. The van der Waals surface area contributed by atoms with Crippen molar-refractivity contribution in [3.8, 4) is 0 Å². The number of imidazole rings is 1. The van der Waals surface area contributed by atoms with Gasteiger partial charge in [0.1, 0.15) is 5.82 Å². The zero-order valence-corrected chi connectivity index (χ0v) is 11.8. The van der Waals surface area contributed by atoms with Crippen molar-refractivity contribution in [2.75, 3.05) is 5.88 Å². The van der Waals surface area contributed by atoms with E-state index in [4.69, 9.17) is 23.2 Å². The highest BCUT2D eigenvalue weighted by Crippen LogP contribution is 2.30. The number of fused-ring (bicyclic) bond motifs is 1. The Labute approximate surface area is 112 Å². The van der Waals surface area contributed by atoms with Crippen molar-refractivity contribution in [1.82, 2.24) is 9.55 Å². The van der Waals surface area contributed by atoms with E-state index < -0.39 is 0 Å². The van der Waals surface area contributed by atoms with Gasteiger partial charge in [0, 0.05) is 17.8 Å². The first kappa shape index (κ1) is 12.7. The first-order valence-electron chi connectivity index (χ1n) is 5.67. The van der Waals surface area contributed by atoms with Gasteiger partial charge in [-0.15, -0.1) is 11.6 Å². The Balaban J connectivity index is 2.78. The van der Waals surface area contributed by atoms with Gasteiger partial charge in [-0.3, -0.25) is 0 Å². The van der Waals surface area contributed by atoms with Gasteiger partial charge in [0.05, 0.1) is 16.1 Å². The van der Waals surface area contributed by atoms with Crippen LogP contribution in [0.25, 0.3) is 11.0 Å². The van der Waals surface area contributed by atoms with Crippen LogP contribution in [0.1, 0.15) is 26.6 Å². The smallest absolute Gasteiger partial charge is 0.111 e. The average molecular weight is 271 g/mol. The van der Waals surface area contributed by atoms with Gasteiger partial charge in [-0.1, -0.05) is 17.7 Å². The average Bonchev–Trinajstić information content (AvgIpc) is 2.57. The molecular formula is C13H16Cl2N2. The molecule has 1 aromatic heterocycles. The first-order chi connectivity index (χ1) is 7.95. The summed E-state index contributed by atoms with van der Waals surface area (Å²) in [6.45, 7) is 6.44. The van der Waals surface area contributed by atoms with Crippen molar-refractivity contribution in [3.63, 3.8) is 0 Å². The lowest BCUT2D eigenvalue weighted by Gasteiger charge is -2.25. The van der Waals surface area contributed by atoms with E-state index in [9.17, 15) is 0 Å². The van der Waals surface area contributed by atoms with Crippen LogP contribution >= 0.6 is 23.2 Å². The van der Waals surface area contributed by atoms with Gasteiger partial charge in [-0.25, -0.2) is 4.98 Å². The summed E-state index contributed by atoms with van der Waals surface area (Å²) in [6, 6.07) is 5.81. The second-order valence-electron chi connectivity index (χ2n) is 5.08. The van der Waals surface area contributed by atoms with Gasteiger partial charge in [-0.2, -0.15) is 0 Å². The van der Waals surface area contributed by atoms with Gasteiger partial charge in [0.15, 0.2) is 0 Å².